The van der Waals surface area contributed by atoms with Crippen LogP contribution in [-0.4, -0.2) is 11.3 Å². The number of hydrogen-bond donors (Lipinski definition) is 1. The van der Waals surface area contributed by atoms with Crippen LogP contribution in [0, 0.1) is 0 Å². The van der Waals surface area contributed by atoms with Crippen LogP contribution in [0.5, 0.6) is 0 Å². The van der Waals surface area contributed by atoms with Gasteiger partial charge in [0.05, 0.1) is 16.8 Å². The normalized spacial score (nSPS) is 10.6. The molecule has 0 saturated carbocycles. The lowest BCUT2D eigenvalue weighted by atomic mass is 10.1. The van der Waals surface area contributed by atoms with Gasteiger partial charge in [-0.1, -0.05) is 0 Å². The fraction of sp³-hybridized carbons (Fsp3) is 0.250. The largest absolute Gasteiger partial charge is 0.325 e. The Balaban J connectivity index is 3.34. The number of carbonyl (C=O) groups is 1. The Bertz CT molecular complexity index is 357. The molecule has 6 heteroatoms. The second kappa shape index (κ2) is 4.56. The number of pyridine rings is 1. The van der Waals surface area contributed by atoms with Crippen LogP contribution in [0.2, 0.25) is 0 Å². The molecule has 0 spiro atoms. The predicted molar refractivity (Wildman–Crippen MR) is 50.2 cm³/mol. The molecule has 1 rings (SSSR count). The summed E-state index contributed by atoms with van der Waals surface area (Å²) in [6.45, 7) is 0.0379. The van der Waals surface area contributed by atoms with Gasteiger partial charge in [-0.15, -0.1) is 0 Å². The molecule has 0 unspecified atom stereocenters. The third-order valence-corrected chi connectivity index (χ3v) is 2.59. The van der Waals surface area contributed by atoms with Crippen LogP contribution in [0.4, 0.5) is 8.78 Å². The zero-order valence-electron chi connectivity index (χ0n) is 7.01. The lowest BCUT2D eigenvalue weighted by Crippen LogP contribution is -2.06. The van der Waals surface area contributed by atoms with E-state index in [0.717, 1.165) is 6.20 Å². The molecule has 0 fully saturated rings. The minimum absolute atomic E-state index is 0.0379. The van der Waals surface area contributed by atoms with E-state index in [2.05, 4.69) is 20.9 Å². The molecule has 0 atom stereocenters. The first-order chi connectivity index (χ1) is 6.61. The molecule has 3 nitrogen and oxygen atoms in total. The van der Waals surface area contributed by atoms with Gasteiger partial charge in [-0.3, -0.25) is 9.78 Å². The number of nitrogens with two attached hydrogens (primary N) is 1. The van der Waals surface area contributed by atoms with E-state index >= 15 is 0 Å². The summed E-state index contributed by atoms with van der Waals surface area (Å²) in [6, 6.07) is 0. The van der Waals surface area contributed by atoms with Crippen LogP contribution in [-0.2, 0) is 6.54 Å². The number of alkyl halides is 2. The predicted octanol–water partition coefficient (Wildman–Crippen LogP) is 2.05. The first kappa shape index (κ1) is 11.2. The van der Waals surface area contributed by atoms with Crippen molar-refractivity contribution >= 4 is 22.2 Å². The van der Waals surface area contributed by atoms with E-state index in [-0.39, 0.29) is 22.1 Å². The van der Waals surface area contributed by atoms with Gasteiger partial charge in [0, 0.05) is 17.2 Å². The molecule has 0 aliphatic carbocycles. The molecular weight excluding hydrogens is 258 g/mol. The number of aldehydes is 1. The molecule has 0 amide bonds. The summed E-state index contributed by atoms with van der Waals surface area (Å²) < 4.78 is 24.8. The fourth-order valence-electron chi connectivity index (χ4n) is 0.990. The van der Waals surface area contributed by atoms with Gasteiger partial charge in [0.15, 0.2) is 6.29 Å². The van der Waals surface area contributed by atoms with E-state index in [1.165, 1.54) is 0 Å². The van der Waals surface area contributed by atoms with Crippen LogP contribution >= 0.6 is 15.9 Å². The van der Waals surface area contributed by atoms with Crippen LogP contribution in [0.1, 0.15) is 28.0 Å². The molecule has 14 heavy (non-hydrogen) atoms. The van der Waals surface area contributed by atoms with Crippen molar-refractivity contribution < 1.29 is 13.6 Å². The van der Waals surface area contributed by atoms with Gasteiger partial charge in [0.25, 0.3) is 6.43 Å². The van der Waals surface area contributed by atoms with Gasteiger partial charge >= 0.3 is 0 Å². The lowest BCUT2D eigenvalue weighted by molar-refractivity contribution is 0.112. The van der Waals surface area contributed by atoms with E-state index in [1.54, 1.807) is 0 Å². The maximum atomic E-state index is 12.4. The minimum atomic E-state index is -2.66. The number of halogens is 3. The highest BCUT2D eigenvalue weighted by Crippen LogP contribution is 2.29. The number of aromatic nitrogens is 1. The van der Waals surface area contributed by atoms with E-state index in [0.29, 0.717) is 12.0 Å². The molecule has 0 aliphatic rings. The van der Waals surface area contributed by atoms with Gasteiger partial charge in [-0.25, -0.2) is 8.78 Å². The van der Waals surface area contributed by atoms with Gasteiger partial charge in [-0.2, -0.15) is 0 Å². The van der Waals surface area contributed by atoms with Crippen molar-refractivity contribution in [1.29, 1.82) is 0 Å². The molecule has 0 radical (unpaired) electrons. The van der Waals surface area contributed by atoms with E-state index in [4.69, 9.17) is 5.73 Å². The molecule has 0 saturated heterocycles. The molecule has 1 aromatic rings. The Labute approximate surface area is 87.4 Å². The quantitative estimate of drug-likeness (QED) is 0.851. The minimum Gasteiger partial charge on any atom is -0.325 e. The van der Waals surface area contributed by atoms with E-state index < -0.39 is 6.43 Å². The Morgan fingerprint density at radius 2 is 2.29 bits per heavy atom. The maximum absolute atomic E-state index is 12.4. The highest BCUT2D eigenvalue weighted by Gasteiger charge is 2.17. The smallest absolute Gasteiger partial charge is 0.266 e. The molecule has 0 aromatic carbocycles. The highest BCUT2D eigenvalue weighted by atomic mass is 79.9. The topological polar surface area (TPSA) is 56.0 Å². The molecule has 0 aliphatic heterocycles. The van der Waals surface area contributed by atoms with Gasteiger partial charge in [0.1, 0.15) is 0 Å². The number of nitrogens with zero attached hydrogens (tertiary/aromatic N) is 1. The summed E-state index contributed by atoms with van der Waals surface area (Å²) in [5.74, 6) is 0. The van der Waals surface area contributed by atoms with Crippen molar-refractivity contribution in [2.75, 3.05) is 0 Å². The third kappa shape index (κ3) is 1.96. The van der Waals surface area contributed by atoms with Crippen LogP contribution in [0.25, 0.3) is 0 Å². The van der Waals surface area contributed by atoms with Crippen molar-refractivity contribution in [3.63, 3.8) is 0 Å². The average molecular weight is 265 g/mol. The maximum Gasteiger partial charge on any atom is 0.266 e. The lowest BCUT2D eigenvalue weighted by Gasteiger charge is -2.07. The summed E-state index contributed by atoms with van der Waals surface area (Å²) in [5, 5.41) is 0. The molecule has 0 bridgehead atoms. The number of hydrogen-bond acceptors (Lipinski definition) is 3. The first-order valence-corrected chi connectivity index (χ1v) is 4.51. The fourth-order valence-corrected chi connectivity index (χ4v) is 1.59. The van der Waals surface area contributed by atoms with Crippen molar-refractivity contribution in [2.24, 2.45) is 5.73 Å². The summed E-state index contributed by atoms with van der Waals surface area (Å²) >= 11 is 2.93. The molecule has 1 heterocycles. The van der Waals surface area contributed by atoms with Gasteiger partial charge in [-0.05, 0) is 15.9 Å². The van der Waals surface area contributed by atoms with Gasteiger partial charge in [0.2, 0.25) is 0 Å². The second-order valence-corrected chi connectivity index (χ2v) is 3.30. The second-order valence-electron chi connectivity index (χ2n) is 2.51. The van der Waals surface area contributed by atoms with Gasteiger partial charge < -0.3 is 5.73 Å². The number of carbonyl (C=O) groups excluding carboxylic acids is 1. The van der Waals surface area contributed by atoms with Crippen LogP contribution < -0.4 is 5.73 Å². The summed E-state index contributed by atoms with van der Waals surface area (Å²) in [6.07, 6.45) is -1.18. The Hall–Kier alpha value is -0.880. The molecule has 2 N–H and O–H groups in total. The Kier molecular flexibility index (Phi) is 3.65. The molecule has 76 valence electrons. The number of rotatable bonds is 3. The SMILES string of the molecule is NCc1ncc(C(F)F)c(Br)c1C=O. The zero-order chi connectivity index (χ0) is 10.7. The van der Waals surface area contributed by atoms with Crippen LogP contribution in [0.3, 0.4) is 0 Å². The zero-order valence-corrected chi connectivity index (χ0v) is 8.59. The standard InChI is InChI=1S/C8H7BrF2N2O/c9-7-4(8(10)11)2-13-6(1-12)5(7)3-14/h2-3,8H,1,12H2. The van der Waals surface area contributed by atoms with E-state index in [1.807, 2.05) is 0 Å². The van der Waals surface area contributed by atoms with Crippen LogP contribution in [0.15, 0.2) is 10.7 Å². The third-order valence-electron chi connectivity index (χ3n) is 1.71. The monoisotopic (exact) mass is 264 g/mol. The summed E-state index contributed by atoms with van der Waals surface area (Å²) in [5.41, 5.74) is 5.38. The van der Waals surface area contributed by atoms with Crippen molar-refractivity contribution in [1.82, 2.24) is 4.98 Å². The van der Waals surface area contributed by atoms with E-state index in [9.17, 15) is 13.6 Å². The molecule has 1 aromatic heterocycles. The first-order valence-electron chi connectivity index (χ1n) is 3.72. The molecular formula is C8H7BrF2N2O. The van der Waals surface area contributed by atoms with Crippen molar-refractivity contribution in [3.05, 3.63) is 27.5 Å². The Morgan fingerprint density at radius 1 is 1.64 bits per heavy atom. The highest BCUT2D eigenvalue weighted by molar-refractivity contribution is 9.10. The summed E-state index contributed by atoms with van der Waals surface area (Å²) in [4.78, 5) is 14.3. The summed E-state index contributed by atoms with van der Waals surface area (Å²) in [7, 11) is 0. The average Bonchev–Trinajstić information content (AvgIpc) is 2.16. The van der Waals surface area contributed by atoms with Crippen molar-refractivity contribution in [3.8, 4) is 0 Å². The Morgan fingerprint density at radius 3 is 2.71 bits per heavy atom. The van der Waals surface area contributed by atoms with Crippen molar-refractivity contribution in [2.45, 2.75) is 13.0 Å².